The van der Waals surface area contributed by atoms with Gasteiger partial charge in [0.1, 0.15) is 18.1 Å². The van der Waals surface area contributed by atoms with Gasteiger partial charge in [-0.05, 0) is 51.7 Å². The summed E-state index contributed by atoms with van der Waals surface area (Å²) in [4.78, 5) is 97.9. The van der Waals surface area contributed by atoms with Crippen molar-refractivity contribution in [3.05, 3.63) is 133 Å². The van der Waals surface area contributed by atoms with E-state index >= 15 is 0 Å². The van der Waals surface area contributed by atoms with Crippen LogP contribution in [-0.4, -0.2) is 77.1 Å². The summed E-state index contributed by atoms with van der Waals surface area (Å²) in [5, 5.41) is 63.2. The molecule has 1 aliphatic carbocycles. The zero-order chi connectivity index (χ0) is 44.7. The van der Waals surface area contributed by atoms with E-state index in [9.17, 15) is 59.9 Å². The van der Waals surface area contributed by atoms with Crippen molar-refractivity contribution in [3.63, 3.8) is 0 Å². The van der Waals surface area contributed by atoms with Crippen LogP contribution in [0.15, 0.2) is 58.5 Å². The smallest absolute Gasteiger partial charge is 0.355 e. The summed E-state index contributed by atoms with van der Waals surface area (Å²) in [6.45, 7) is 2.68. The zero-order valence-corrected chi connectivity index (χ0v) is 32.8. The quantitative estimate of drug-likeness (QED) is 0.103. The average molecular weight is 851 g/mol. The van der Waals surface area contributed by atoms with Crippen LogP contribution >= 0.6 is 0 Å². The molecule has 0 unspecified atom stereocenters. The first-order valence-electron chi connectivity index (χ1n) is 18.5. The van der Waals surface area contributed by atoms with Crippen molar-refractivity contribution in [3.8, 4) is 28.3 Å². The number of ether oxygens (including phenoxy) is 2. The number of carbonyl (C=O) groups is 2. The van der Waals surface area contributed by atoms with E-state index < -0.39 is 106 Å². The van der Waals surface area contributed by atoms with Crippen LogP contribution in [0.4, 0.5) is 22.7 Å². The Kier molecular flexibility index (Phi) is 9.49. The number of phenols is 1. The fraction of sp³-hybridized carbons (Fsp3) is 0.256. The molecule has 5 aromatic rings. The lowest BCUT2D eigenvalue weighted by Crippen LogP contribution is -2.48. The Bertz CT molecular complexity index is 2930. The van der Waals surface area contributed by atoms with Crippen molar-refractivity contribution in [1.29, 1.82) is 0 Å². The van der Waals surface area contributed by atoms with Crippen molar-refractivity contribution >= 4 is 51.3 Å². The molecule has 1 N–H and O–H groups in total. The molecule has 23 nitrogen and oxygen atoms in total. The molecular formula is C39H30N8O15. The number of hydrogen-bond acceptors (Lipinski definition) is 18. The van der Waals surface area contributed by atoms with Crippen molar-refractivity contribution in [2.45, 2.75) is 51.7 Å². The Balaban J connectivity index is 1.19. The van der Waals surface area contributed by atoms with Gasteiger partial charge in [0.2, 0.25) is 11.7 Å². The highest BCUT2D eigenvalue weighted by Gasteiger charge is 2.51. The average Bonchev–Trinajstić information content (AvgIpc) is 3.75. The van der Waals surface area contributed by atoms with E-state index in [1.54, 1.807) is 6.07 Å². The maximum Gasteiger partial charge on any atom is 0.355 e. The summed E-state index contributed by atoms with van der Waals surface area (Å²) >= 11 is 0. The number of nitrogens with zero attached hydrogens (tertiary/aromatic N) is 8. The number of fused-ring (bicyclic) bond motifs is 8. The number of non-ortho nitro benzene ring substituents is 2. The molecule has 2 atom stereocenters. The van der Waals surface area contributed by atoms with Gasteiger partial charge < -0.3 is 28.9 Å². The topological polar surface area (TPSA) is 305 Å². The number of rotatable bonds is 11. The minimum Gasteiger partial charge on any atom is -0.508 e. The summed E-state index contributed by atoms with van der Waals surface area (Å²) < 4.78 is 12.7. The number of nitro groups is 4. The van der Waals surface area contributed by atoms with Crippen LogP contribution in [0.1, 0.15) is 53.6 Å². The van der Waals surface area contributed by atoms with E-state index in [4.69, 9.17) is 19.3 Å². The molecule has 0 radical (unpaired) electrons. The normalized spacial score (nSPS) is 16.1. The second kappa shape index (κ2) is 14.5. The van der Waals surface area contributed by atoms with E-state index in [1.165, 1.54) is 23.6 Å². The second-order valence-electron chi connectivity index (χ2n) is 14.8. The third kappa shape index (κ3) is 6.20. The zero-order valence-electron chi connectivity index (χ0n) is 32.8. The standard InChI is InChI=1S/C39H30N8O15/c1-5-39(26-13-30-34-18(14-43(30)36(49)25(26)16-60-38(39)51)8-21-24(15-42(3)4)31(48)7-6-27(21)40-34)61-37(50)17(2)62-41-35-22-9-19(44(52)53)11-28(46(56)57)32(22)33-23(35)10-20(45(54)55)12-29(33)47(58)59/h6-13,17,48H,5,14-16H2,1-4H3/t17-,39+/m0/s1. The SMILES string of the molecule is CC[C@]1(OC(=O)[C@H](C)ON=C2c3cc([N+](=O)[O-])cc([N+](=O)[O-])c3-c3c2cc([N+](=O)[O-])cc3[N+](=O)[O-])C(=O)OCc2c1cc1n(c2=O)Cc2cc3c(CN(C)C)c(O)ccc3nc2-1. The molecule has 4 heterocycles. The molecule has 23 heteroatoms. The van der Waals surface area contributed by atoms with Crippen molar-refractivity contribution < 1.29 is 48.7 Å². The predicted octanol–water partition coefficient (Wildman–Crippen LogP) is 4.87. The minimum atomic E-state index is -2.22. The van der Waals surface area contributed by atoms with E-state index in [0.29, 0.717) is 52.1 Å². The van der Waals surface area contributed by atoms with Gasteiger partial charge in [-0.25, -0.2) is 14.6 Å². The molecule has 3 aliphatic rings. The van der Waals surface area contributed by atoms with Gasteiger partial charge in [-0.3, -0.25) is 45.3 Å². The monoisotopic (exact) mass is 850 g/mol. The first-order valence-corrected chi connectivity index (χ1v) is 18.5. The summed E-state index contributed by atoms with van der Waals surface area (Å²) in [5.41, 5.74) is -6.23. The summed E-state index contributed by atoms with van der Waals surface area (Å²) in [6.07, 6.45) is -2.02. The Hall–Kier alpha value is -8.21. The number of esters is 2. The number of nitro benzene ring substituents is 4. The number of aromatic nitrogens is 2. The first-order chi connectivity index (χ1) is 29.4. The fourth-order valence-corrected chi connectivity index (χ4v) is 8.03. The molecule has 0 saturated carbocycles. The molecule has 2 aromatic heterocycles. The van der Waals surface area contributed by atoms with Crippen LogP contribution in [0.3, 0.4) is 0 Å². The Morgan fingerprint density at radius 3 is 2.11 bits per heavy atom. The highest BCUT2D eigenvalue weighted by molar-refractivity contribution is 6.27. The Morgan fingerprint density at radius 1 is 0.952 bits per heavy atom. The molecule has 0 bridgehead atoms. The number of hydrogen-bond donors (Lipinski definition) is 1. The highest BCUT2D eigenvalue weighted by Crippen LogP contribution is 2.50. The number of cyclic esters (lactones) is 1. The number of carbonyl (C=O) groups excluding carboxylic acids is 2. The number of benzene rings is 3. The summed E-state index contributed by atoms with van der Waals surface area (Å²) in [7, 11) is 3.70. The molecule has 316 valence electrons. The van der Waals surface area contributed by atoms with Crippen molar-refractivity contribution in [2.75, 3.05) is 14.1 Å². The molecule has 2 aliphatic heterocycles. The van der Waals surface area contributed by atoms with Gasteiger partial charge in [-0.2, -0.15) is 0 Å². The number of aromatic hydroxyl groups is 1. The Labute approximate surface area is 346 Å². The van der Waals surface area contributed by atoms with E-state index in [1.807, 2.05) is 25.1 Å². The molecule has 8 rings (SSSR count). The summed E-state index contributed by atoms with van der Waals surface area (Å²) in [5.74, 6) is -2.20. The molecule has 0 amide bonds. The maximum atomic E-state index is 14.1. The van der Waals surface area contributed by atoms with Crippen molar-refractivity contribution in [1.82, 2.24) is 14.5 Å². The van der Waals surface area contributed by atoms with E-state index in [2.05, 4.69) is 5.16 Å². The highest BCUT2D eigenvalue weighted by atomic mass is 16.7. The fourth-order valence-electron chi connectivity index (χ4n) is 8.03. The van der Waals surface area contributed by atoms with Gasteiger partial charge in [0.15, 0.2) is 0 Å². The van der Waals surface area contributed by atoms with E-state index in [0.717, 1.165) is 19.1 Å². The molecule has 62 heavy (non-hydrogen) atoms. The molecule has 0 spiro atoms. The van der Waals surface area contributed by atoms with Crippen LogP contribution in [0.5, 0.6) is 5.75 Å². The molecular weight excluding hydrogens is 820 g/mol. The number of oxime groups is 1. The van der Waals surface area contributed by atoms with Gasteiger partial charge in [-0.15, -0.1) is 0 Å². The van der Waals surface area contributed by atoms with Crippen LogP contribution < -0.4 is 5.56 Å². The van der Waals surface area contributed by atoms with Gasteiger partial charge in [0, 0.05) is 51.9 Å². The largest absolute Gasteiger partial charge is 0.508 e. The van der Waals surface area contributed by atoms with Gasteiger partial charge in [-0.1, -0.05) is 12.1 Å². The molecule has 3 aromatic carbocycles. The predicted molar refractivity (Wildman–Crippen MR) is 212 cm³/mol. The Morgan fingerprint density at radius 2 is 1.56 bits per heavy atom. The third-order valence-corrected chi connectivity index (χ3v) is 10.9. The lowest BCUT2D eigenvalue weighted by atomic mass is 9.85. The minimum absolute atomic E-state index is 0.0191. The van der Waals surface area contributed by atoms with Gasteiger partial charge in [0.05, 0.1) is 72.0 Å². The van der Waals surface area contributed by atoms with Crippen LogP contribution in [0, 0.1) is 40.5 Å². The van der Waals surface area contributed by atoms with Gasteiger partial charge in [0.25, 0.3) is 28.3 Å². The van der Waals surface area contributed by atoms with E-state index in [-0.39, 0.29) is 29.8 Å². The van der Waals surface area contributed by atoms with Crippen LogP contribution in [0.25, 0.3) is 33.4 Å². The van der Waals surface area contributed by atoms with Crippen molar-refractivity contribution in [2.24, 2.45) is 5.16 Å². The summed E-state index contributed by atoms with van der Waals surface area (Å²) in [6, 6.07) is 9.27. The van der Waals surface area contributed by atoms with Crippen LogP contribution in [0.2, 0.25) is 0 Å². The second-order valence-corrected chi connectivity index (χ2v) is 14.8. The lowest BCUT2D eigenvalue weighted by Gasteiger charge is -2.36. The maximum absolute atomic E-state index is 14.1. The molecule has 0 fully saturated rings. The molecule has 0 saturated heterocycles. The van der Waals surface area contributed by atoms with Crippen LogP contribution in [-0.2, 0) is 49.2 Å². The number of pyridine rings is 2. The third-order valence-electron chi connectivity index (χ3n) is 10.9. The lowest BCUT2D eigenvalue weighted by molar-refractivity contribution is -0.395. The first kappa shape index (κ1) is 40.6. The number of phenolic OH excluding ortho intramolecular Hbond substituents is 1. The van der Waals surface area contributed by atoms with Gasteiger partial charge >= 0.3 is 11.9 Å².